The summed E-state index contributed by atoms with van der Waals surface area (Å²) in [4.78, 5) is 26.8. The summed E-state index contributed by atoms with van der Waals surface area (Å²) < 4.78 is 0. The van der Waals surface area contributed by atoms with E-state index >= 15 is 0 Å². The monoisotopic (exact) mass is 266 g/mol. The summed E-state index contributed by atoms with van der Waals surface area (Å²) in [6.45, 7) is 6.11. The third kappa shape index (κ3) is 2.49. The zero-order chi connectivity index (χ0) is 14.0. The lowest BCUT2D eigenvalue weighted by Crippen LogP contribution is -2.69. The standard InChI is InChI=1S/C15H26N2O2/c1-4-11-14(19)17(12(5-2)13(18)16-11)15(3)9-7-6-8-10-15/h11-12H,4-10H2,1-3H3,(H,16,18). The second kappa shape index (κ2) is 5.51. The first-order valence-electron chi connectivity index (χ1n) is 7.67. The molecule has 0 aromatic rings. The summed E-state index contributed by atoms with van der Waals surface area (Å²) in [6, 6.07) is -0.604. The van der Waals surface area contributed by atoms with Crippen LogP contribution in [-0.4, -0.2) is 34.3 Å². The van der Waals surface area contributed by atoms with Gasteiger partial charge in [-0.2, -0.15) is 0 Å². The van der Waals surface area contributed by atoms with E-state index in [0.717, 1.165) is 25.7 Å². The van der Waals surface area contributed by atoms with Crippen LogP contribution in [0.4, 0.5) is 0 Å². The maximum atomic E-state index is 12.7. The van der Waals surface area contributed by atoms with Crippen molar-refractivity contribution in [2.75, 3.05) is 0 Å². The van der Waals surface area contributed by atoms with Crippen molar-refractivity contribution in [1.29, 1.82) is 0 Å². The van der Waals surface area contributed by atoms with Crippen LogP contribution in [0.1, 0.15) is 65.7 Å². The minimum Gasteiger partial charge on any atom is -0.343 e. The van der Waals surface area contributed by atoms with Gasteiger partial charge in [0.1, 0.15) is 12.1 Å². The zero-order valence-corrected chi connectivity index (χ0v) is 12.4. The number of nitrogens with zero attached hydrogens (tertiary/aromatic N) is 1. The Bertz CT molecular complexity index is 361. The summed E-state index contributed by atoms with van der Waals surface area (Å²) in [6.07, 6.45) is 7.00. The number of nitrogens with one attached hydrogen (secondary N) is 1. The van der Waals surface area contributed by atoms with Gasteiger partial charge in [0.25, 0.3) is 0 Å². The first kappa shape index (κ1) is 14.4. The van der Waals surface area contributed by atoms with Gasteiger partial charge in [0.15, 0.2) is 0 Å². The molecule has 2 rings (SSSR count). The number of carbonyl (C=O) groups excluding carboxylic acids is 2. The van der Waals surface area contributed by atoms with Gasteiger partial charge in [-0.25, -0.2) is 0 Å². The maximum Gasteiger partial charge on any atom is 0.246 e. The first-order valence-corrected chi connectivity index (χ1v) is 7.67. The molecule has 0 aromatic carbocycles. The van der Waals surface area contributed by atoms with E-state index in [2.05, 4.69) is 12.2 Å². The fourth-order valence-corrected chi connectivity index (χ4v) is 3.61. The molecule has 1 heterocycles. The summed E-state index contributed by atoms with van der Waals surface area (Å²) in [5.41, 5.74) is -0.124. The normalized spacial score (nSPS) is 31.2. The van der Waals surface area contributed by atoms with Crippen molar-refractivity contribution >= 4 is 11.8 Å². The van der Waals surface area contributed by atoms with Crippen molar-refractivity contribution in [3.63, 3.8) is 0 Å². The molecule has 1 aliphatic carbocycles. The average molecular weight is 266 g/mol. The van der Waals surface area contributed by atoms with Crippen LogP contribution in [0.25, 0.3) is 0 Å². The molecule has 4 nitrogen and oxygen atoms in total. The molecule has 2 atom stereocenters. The summed E-state index contributed by atoms with van der Waals surface area (Å²) >= 11 is 0. The molecule has 108 valence electrons. The van der Waals surface area contributed by atoms with E-state index in [-0.39, 0.29) is 29.4 Å². The molecule has 4 heteroatoms. The van der Waals surface area contributed by atoms with Crippen molar-refractivity contribution in [2.24, 2.45) is 0 Å². The highest BCUT2D eigenvalue weighted by atomic mass is 16.2. The van der Waals surface area contributed by atoms with Crippen LogP contribution in [0, 0.1) is 0 Å². The molecule has 2 amide bonds. The zero-order valence-electron chi connectivity index (χ0n) is 12.4. The lowest BCUT2D eigenvalue weighted by atomic mass is 9.79. The van der Waals surface area contributed by atoms with E-state index in [0.29, 0.717) is 12.8 Å². The second-order valence-electron chi connectivity index (χ2n) is 6.16. The quantitative estimate of drug-likeness (QED) is 0.851. The number of carbonyl (C=O) groups is 2. The van der Waals surface area contributed by atoms with Gasteiger partial charge in [-0.15, -0.1) is 0 Å². The van der Waals surface area contributed by atoms with Crippen molar-refractivity contribution in [2.45, 2.75) is 83.3 Å². The predicted molar refractivity (Wildman–Crippen MR) is 74.6 cm³/mol. The smallest absolute Gasteiger partial charge is 0.246 e. The summed E-state index contributed by atoms with van der Waals surface area (Å²) in [7, 11) is 0. The topological polar surface area (TPSA) is 49.4 Å². The van der Waals surface area contributed by atoms with Crippen molar-refractivity contribution in [3.8, 4) is 0 Å². The summed E-state index contributed by atoms with van der Waals surface area (Å²) in [5.74, 6) is 0.152. The average Bonchev–Trinajstić information content (AvgIpc) is 2.41. The molecule has 1 saturated carbocycles. The van der Waals surface area contributed by atoms with E-state index in [1.54, 1.807) is 0 Å². The predicted octanol–water partition coefficient (Wildman–Crippen LogP) is 2.22. The Morgan fingerprint density at radius 3 is 2.32 bits per heavy atom. The van der Waals surface area contributed by atoms with Crippen molar-refractivity contribution < 1.29 is 9.59 Å². The van der Waals surface area contributed by atoms with Crippen molar-refractivity contribution in [1.82, 2.24) is 10.2 Å². The Morgan fingerprint density at radius 1 is 1.16 bits per heavy atom. The highest BCUT2D eigenvalue weighted by Gasteiger charge is 2.47. The molecule has 0 spiro atoms. The lowest BCUT2D eigenvalue weighted by molar-refractivity contribution is -0.158. The first-order chi connectivity index (χ1) is 9.03. The van der Waals surface area contributed by atoms with Gasteiger partial charge < -0.3 is 10.2 Å². The molecular formula is C15H26N2O2. The van der Waals surface area contributed by atoms with Crippen LogP contribution >= 0.6 is 0 Å². The van der Waals surface area contributed by atoms with E-state index in [4.69, 9.17) is 0 Å². The van der Waals surface area contributed by atoms with E-state index in [1.807, 2.05) is 18.7 Å². The number of hydrogen-bond acceptors (Lipinski definition) is 2. The van der Waals surface area contributed by atoms with Crippen LogP contribution < -0.4 is 5.32 Å². The van der Waals surface area contributed by atoms with Gasteiger partial charge in [0, 0.05) is 5.54 Å². The highest BCUT2D eigenvalue weighted by molar-refractivity contribution is 5.97. The lowest BCUT2D eigenvalue weighted by Gasteiger charge is -2.51. The number of rotatable bonds is 3. The Balaban J connectivity index is 2.30. The van der Waals surface area contributed by atoms with Gasteiger partial charge >= 0.3 is 0 Å². The number of amides is 2. The molecule has 2 aliphatic rings. The molecule has 1 N–H and O–H groups in total. The van der Waals surface area contributed by atoms with Crippen LogP contribution in [-0.2, 0) is 9.59 Å². The van der Waals surface area contributed by atoms with Crippen LogP contribution in [0.5, 0.6) is 0 Å². The molecule has 1 aliphatic heterocycles. The fourth-order valence-electron chi connectivity index (χ4n) is 3.61. The van der Waals surface area contributed by atoms with Gasteiger partial charge in [0.2, 0.25) is 11.8 Å². The molecule has 0 radical (unpaired) electrons. The van der Waals surface area contributed by atoms with Gasteiger partial charge in [0.05, 0.1) is 0 Å². The minimum absolute atomic E-state index is 0.0285. The van der Waals surface area contributed by atoms with Crippen LogP contribution in [0.15, 0.2) is 0 Å². The Morgan fingerprint density at radius 2 is 1.79 bits per heavy atom. The molecule has 0 aromatic heterocycles. The molecule has 2 fully saturated rings. The number of hydrogen-bond donors (Lipinski definition) is 1. The SMILES string of the molecule is CCC1NC(=O)C(CC)N(C2(C)CCCCC2)C1=O. The Hall–Kier alpha value is -1.06. The van der Waals surface area contributed by atoms with E-state index in [1.165, 1.54) is 6.42 Å². The molecule has 2 unspecified atom stereocenters. The molecule has 1 saturated heterocycles. The maximum absolute atomic E-state index is 12.7. The third-order valence-electron chi connectivity index (χ3n) is 4.77. The van der Waals surface area contributed by atoms with Gasteiger partial charge in [-0.05, 0) is 32.6 Å². The van der Waals surface area contributed by atoms with E-state index < -0.39 is 0 Å². The molecular weight excluding hydrogens is 240 g/mol. The van der Waals surface area contributed by atoms with E-state index in [9.17, 15) is 9.59 Å². The number of piperazine rings is 1. The van der Waals surface area contributed by atoms with Crippen molar-refractivity contribution in [3.05, 3.63) is 0 Å². The highest BCUT2D eigenvalue weighted by Crippen LogP contribution is 2.37. The Labute approximate surface area is 115 Å². The fraction of sp³-hybridized carbons (Fsp3) is 0.867. The second-order valence-corrected chi connectivity index (χ2v) is 6.16. The largest absolute Gasteiger partial charge is 0.343 e. The summed E-state index contributed by atoms with van der Waals surface area (Å²) in [5, 5.41) is 2.87. The van der Waals surface area contributed by atoms with Crippen LogP contribution in [0.2, 0.25) is 0 Å². The van der Waals surface area contributed by atoms with Crippen LogP contribution in [0.3, 0.4) is 0 Å². The molecule has 19 heavy (non-hydrogen) atoms. The third-order valence-corrected chi connectivity index (χ3v) is 4.77. The molecule has 0 bridgehead atoms. The van der Waals surface area contributed by atoms with Gasteiger partial charge in [-0.3, -0.25) is 9.59 Å². The minimum atomic E-state index is -0.325. The Kier molecular flexibility index (Phi) is 4.16. The van der Waals surface area contributed by atoms with Gasteiger partial charge in [-0.1, -0.05) is 33.1 Å².